The Morgan fingerprint density at radius 3 is 2.67 bits per heavy atom. The van der Waals surface area contributed by atoms with Crippen LogP contribution in [0.15, 0.2) is 23.6 Å². The number of aromatic nitrogens is 1. The lowest BCUT2D eigenvalue weighted by atomic mass is 9.85. The van der Waals surface area contributed by atoms with Gasteiger partial charge in [-0.05, 0) is 24.0 Å². The zero-order valence-corrected chi connectivity index (χ0v) is 14.6. The van der Waals surface area contributed by atoms with Crippen molar-refractivity contribution in [2.75, 3.05) is 6.61 Å². The fourth-order valence-corrected chi connectivity index (χ4v) is 3.14. The predicted molar refractivity (Wildman–Crippen MR) is 90.7 cm³/mol. The number of nitrogens with zero attached hydrogens (tertiary/aromatic N) is 1. The number of rotatable bonds is 5. The fraction of sp³-hybridized carbons (Fsp3) is 0.471. The van der Waals surface area contributed by atoms with E-state index in [9.17, 15) is 0 Å². The smallest absolute Gasteiger partial charge is 0.123 e. The minimum atomic E-state index is 0.0777. The zero-order valence-electron chi connectivity index (χ0n) is 13.1. The number of halogens is 1. The van der Waals surface area contributed by atoms with Crippen molar-refractivity contribution in [3.8, 4) is 5.75 Å². The molecule has 0 saturated heterocycles. The minimum absolute atomic E-state index is 0.0777. The topological polar surface area (TPSA) is 22.1 Å². The maximum atomic E-state index is 6.00. The highest BCUT2D eigenvalue weighted by molar-refractivity contribution is 7.09. The molecule has 0 saturated carbocycles. The third-order valence-corrected chi connectivity index (χ3v) is 4.48. The largest absolute Gasteiger partial charge is 0.493 e. The average Bonchev–Trinajstić information content (AvgIpc) is 2.87. The maximum absolute atomic E-state index is 6.00. The van der Waals surface area contributed by atoms with Crippen molar-refractivity contribution in [3.63, 3.8) is 0 Å². The Morgan fingerprint density at radius 2 is 2.05 bits per heavy atom. The van der Waals surface area contributed by atoms with Crippen LogP contribution in [0.4, 0.5) is 0 Å². The number of hydrogen-bond donors (Lipinski definition) is 0. The van der Waals surface area contributed by atoms with Gasteiger partial charge < -0.3 is 4.74 Å². The van der Waals surface area contributed by atoms with E-state index in [4.69, 9.17) is 16.3 Å². The number of alkyl halides is 1. The first-order chi connectivity index (χ1) is 9.90. The molecule has 2 nitrogen and oxygen atoms in total. The van der Waals surface area contributed by atoms with Gasteiger partial charge >= 0.3 is 0 Å². The Labute approximate surface area is 136 Å². The van der Waals surface area contributed by atoms with Crippen LogP contribution in [0.2, 0.25) is 0 Å². The molecule has 0 spiro atoms. The summed E-state index contributed by atoms with van der Waals surface area (Å²) in [4.78, 5) is 4.45. The molecule has 0 bridgehead atoms. The van der Waals surface area contributed by atoms with E-state index in [1.165, 1.54) is 11.1 Å². The SMILES string of the molecule is Cc1ccc(OCCc2nc(CCl)cs2)c(C(C)(C)C)c1. The summed E-state index contributed by atoms with van der Waals surface area (Å²) in [7, 11) is 0. The quantitative estimate of drug-likeness (QED) is 0.713. The molecule has 0 fully saturated rings. The average molecular weight is 324 g/mol. The van der Waals surface area contributed by atoms with Gasteiger partial charge in [-0.1, -0.05) is 38.5 Å². The van der Waals surface area contributed by atoms with E-state index >= 15 is 0 Å². The van der Waals surface area contributed by atoms with Crippen molar-refractivity contribution in [1.82, 2.24) is 4.98 Å². The number of thiazole rings is 1. The lowest BCUT2D eigenvalue weighted by Gasteiger charge is -2.23. The van der Waals surface area contributed by atoms with Gasteiger partial charge in [0.1, 0.15) is 5.75 Å². The molecule has 114 valence electrons. The van der Waals surface area contributed by atoms with Gasteiger partial charge in [0, 0.05) is 11.8 Å². The molecule has 0 atom stereocenters. The van der Waals surface area contributed by atoms with Crippen LogP contribution in [0.3, 0.4) is 0 Å². The number of hydrogen-bond acceptors (Lipinski definition) is 3. The van der Waals surface area contributed by atoms with Gasteiger partial charge in [-0.15, -0.1) is 22.9 Å². The Bertz CT molecular complexity index is 601. The van der Waals surface area contributed by atoms with E-state index in [2.05, 4.69) is 50.9 Å². The summed E-state index contributed by atoms with van der Waals surface area (Å²) in [6.45, 7) is 9.39. The monoisotopic (exact) mass is 323 g/mol. The van der Waals surface area contributed by atoms with Crippen molar-refractivity contribution in [2.24, 2.45) is 0 Å². The van der Waals surface area contributed by atoms with Crippen LogP contribution in [0.25, 0.3) is 0 Å². The summed E-state index contributed by atoms with van der Waals surface area (Å²) in [5, 5.41) is 3.09. The molecule has 1 aromatic heterocycles. The van der Waals surface area contributed by atoms with E-state index in [-0.39, 0.29) is 5.41 Å². The molecule has 0 radical (unpaired) electrons. The number of benzene rings is 1. The second-order valence-electron chi connectivity index (χ2n) is 6.21. The maximum Gasteiger partial charge on any atom is 0.123 e. The van der Waals surface area contributed by atoms with Gasteiger partial charge in [0.05, 0.1) is 23.2 Å². The van der Waals surface area contributed by atoms with Gasteiger partial charge in [0.2, 0.25) is 0 Å². The van der Waals surface area contributed by atoms with E-state index in [1.807, 2.05) is 5.38 Å². The van der Waals surface area contributed by atoms with Gasteiger partial charge in [0.15, 0.2) is 0 Å². The Morgan fingerprint density at radius 1 is 1.29 bits per heavy atom. The zero-order chi connectivity index (χ0) is 15.5. The summed E-state index contributed by atoms with van der Waals surface area (Å²) in [5.74, 6) is 1.45. The molecular formula is C17H22ClNOS. The Kier molecular flexibility index (Phi) is 5.28. The molecule has 0 aliphatic rings. The lowest BCUT2D eigenvalue weighted by molar-refractivity contribution is 0.312. The van der Waals surface area contributed by atoms with Gasteiger partial charge in [-0.3, -0.25) is 0 Å². The molecule has 0 N–H and O–H groups in total. The summed E-state index contributed by atoms with van der Waals surface area (Å²) in [5.41, 5.74) is 3.54. The highest BCUT2D eigenvalue weighted by Gasteiger charge is 2.19. The van der Waals surface area contributed by atoms with E-state index in [0.717, 1.165) is 22.9 Å². The van der Waals surface area contributed by atoms with Gasteiger partial charge in [-0.25, -0.2) is 4.98 Å². The van der Waals surface area contributed by atoms with E-state index < -0.39 is 0 Å². The van der Waals surface area contributed by atoms with Crippen molar-refractivity contribution in [2.45, 2.75) is 45.4 Å². The third kappa shape index (κ3) is 4.45. The fourth-order valence-electron chi connectivity index (χ4n) is 2.13. The van der Waals surface area contributed by atoms with Crippen molar-refractivity contribution >= 4 is 22.9 Å². The van der Waals surface area contributed by atoms with Crippen LogP contribution >= 0.6 is 22.9 Å². The third-order valence-electron chi connectivity index (χ3n) is 3.25. The number of aryl methyl sites for hydroxylation is 1. The predicted octanol–water partition coefficient (Wildman–Crippen LogP) is 5.11. The summed E-state index contributed by atoms with van der Waals surface area (Å²) < 4.78 is 6.00. The molecule has 1 heterocycles. The van der Waals surface area contributed by atoms with E-state index in [1.54, 1.807) is 11.3 Å². The number of ether oxygens (including phenoxy) is 1. The normalized spacial score (nSPS) is 11.7. The summed E-state index contributed by atoms with van der Waals surface area (Å²) in [6, 6.07) is 6.38. The molecule has 0 aliphatic heterocycles. The second kappa shape index (κ2) is 6.80. The standard InChI is InChI=1S/C17H22ClNOS/c1-12-5-6-15(14(9-12)17(2,3)4)20-8-7-16-19-13(10-18)11-21-16/h5-6,9,11H,7-8,10H2,1-4H3. The second-order valence-corrected chi connectivity index (χ2v) is 7.42. The molecule has 21 heavy (non-hydrogen) atoms. The van der Waals surface area contributed by atoms with Crippen molar-refractivity contribution < 1.29 is 4.74 Å². The van der Waals surface area contributed by atoms with Crippen molar-refractivity contribution in [1.29, 1.82) is 0 Å². The highest BCUT2D eigenvalue weighted by atomic mass is 35.5. The van der Waals surface area contributed by atoms with E-state index in [0.29, 0.717) is 12.5 Å². The summed E-state index contributed by atoms with van der Waals surface area (Å²) >= 11 is 7.41. The molecule has 2 aromatic rings. The van der Waals surface area contributed by atoms with Crippen LogP contribution in [0.5, 0.6) is 5.75 Å². The molecule has 4 heteroatoms. The van der Waals surface area contributed by atoms with Crippen molar-refractivity contribution in [3.05, 3.63) is 45.4 Å². The lowest BCUT2D eigenvalue weighted by Crippen LogP contribution is -2.14. The molecule has 0 aliphatic carbocycles. The van der Waals surface area contributed by atoms with Gasteiger partial charge in [-0.2, -0.15) is 0 Å². The highest BCUT2D eigenvalue weighted by Crippen LogP contribution is 2.32. The Balaban J connectivity index is 2.03. The van der Waals surface area contributed by atoms with Crippen LogP contribution in [-0.2, 0) is 17.7 Å². The van der Waals surface area contributed by atoms with Crippen LogP contribution in [0.1, 0.15) is 42.6 Å². The molecule has 0 unspecified atom stereocenters. The molecule has 0 amide bonds. The molecular weight excluding hydrogens is 302 g/mol. The van der Waals surface area contributed by atoms with Crippen LogP contribution in [-0.4, -0.2) is 11.6 Å². The van der Waals surface area contributed by atoms with Gasteiger partial charge in [0.25, 0.3) is 0 Å². The first-order valence-electron chi connectivity index (χ1n) is 7.13. The first-order valence-corrected chi connectivity index (χ1v) is 8.55. The molecule has 2 rings (SSSR count). The van der Waals surface area contributed by atoms with Crippen LogP contribution in [0, 0.1) is 6.92 Å². The Hall–Kier alpha value is -1.06. The van der Waals surface area contributed by atoms with Crippen LogP contribution < -0.4 is 4.74 Å². The molecule has 1 aromatic carbocycles. The first kappa shape index (κ1) is 16.3. The summed E-state index contributed by atoms with van der Waals surface area (Å²) in [6.07, 6.45) is 0.818. The minimum Gasteiger partial charge on any atom is -0.493 e.